The molecule has 0 spiro atoms. The van der Waals surface area contributed by atoms with Crippen molar-refractivity contribution in [1.29, 1.82) is 0 Å². The Morgan fingerprint density at radius 2 is 1.90 bits per heavy atom. The van der Waals surface area contributed by atoms with Crippen molar-refractivity contribution in [3.63, 3.8) is 0 Å². The molecule has 1 heterocycles. The van der Waals surface area contributed by atoms with E-state index >= 15 is 0 Å². The quantitative estimate of drug-likeness (QED) is 0.515. The highest BCUT2D eigenvalue weighted by Gasteiger charge is 2.28. The second-order valence-corrected chi connectivity index (χ2v) is 10.1. The van der Waals surface area contributed by atoms with Crippen LogP contribution in [-0.2, 0) is 26.0 Å². The molecular formula is C22H28Cl2N2O4S. The van der Waals surface area contributed by atoms with Crippen molar-refractivity contribution in [2.45, 2.75) is 24.3 Å². The van der Waals surface area contributed by atoms with Crippen LogP contribution in [0, 0.1) is 0 Å². The zero-order valence-corrected chi connectivity index (χ0v) is 20.1. The topological polar surface area (TPSA) is 67.9 Å². The number of ether oxygens (including phenoxy) is 2. The van der Waals surface area contributed by atoms with Gasteiger partial charge in [-0.25, -0.2) is 13.1 Å². The van der Waals surface area contributed by atoms with Gasteiger partial charge in [-0.15, -0.1) is 0 Å². The Morgan fingerprint density at radius 3 is 2.68 bits per heavy atom. The number of sulfonamides is 1. The molecular weight excluding hydrogens is 459 g/mol. The molecule has 0 bridgehead atoms. The number of likely N-dealkylation sites (N-methyl/N-ethyl adjacent to an activating group) is 1. The Hall–Kier alpha value is -1.19. The minimum Gasteiger partial charge on any atom is -0.379 e. The Bertz CT molecular complexity index is 1000. The minimum atomic E-state index is -3.65. The molecule has 1 unspecified atom stereocenters. The summed E-state index contributed by atoms with van der Waals surface area (Å²) in [7, 11) is -1.63. The molecule has 170 valence electrons. The van der Waals surface area contributed by atoms with E-state index in [-0.39, 0.29) is 24.0 Å². The summed E-state index contributed by atoms with van der Waals surface area (Å²) in [4.78, 5) is 2.40. The summed E-state index contributed by atoms with van der Waals surface area (Å²) < 4.78 is 38.7. The van der Waals surface area contributed by atoms with Crippen LogP contribution in [0.4, 0.5) is 0 Å². The van der Waals surface area contributed by atoms with Gasteiger partial charge in [-0.05, 0) is 54.9 Å². The molecule has 1 atom stereocenters. The third kappa shape index (κ3) is 6.42. The Morgan fingerprint density at radius 1 is 1.13 bits per heavy atom. The van der Waals surface area contributed by atoms with Gasteiger partial charge in [0.15, 0.2) is 0 Å². The van der Waals surface area contributed by atoms with Crippen LogP contribution >= 0.6 is 23.2 Å². The molecule has 1 aliphatic heterocycles. The van der Waals surface area contributed by atoms with E-state index in [1.165, 1.54) is 0 Å². The lowest BCUT2D eigenvalue weighted by molar-refractivity contribution is 0.0552. The van der Waals surface area contributed by atoms with Gasteiger partial charge in [0.2, 0.25) is 10.0 Å². The maximum atomic E-state index is 12.8. The van der Waals surface area contributed by atoms with Crippen molar-refractivity contribution in [2.24, 2.45) is 0 Å². The first-order chi connectivity index (χ1) is 14.8. The second kappa shape index (κ2) is 11.1. The van der Waals surface area contributed by atoms with Crippen LogP contribution < -0.4 is 4.72 Å². The molecule has 1 N–H and O–H groups in total. The average molecular weight is 487 g/mol. The maximum absolute atomic E-state index is 12.8. The van der Waals surface area contributed by atoms with Crippen LogP contribution in [0.3, 0.4) is 0 Å². The number of fused-ring (bicyclic) bond motifs is 1. The zero-order chi connectivity index (χ0) is 22.4. The summed E-state index contributed by atoms with van der Waals surface area (Å²) in [6.07, 6.45) is 0. The normalized spacial score (nSPS) is 17.0. The van der Waals surface area contributed by atoms with Gasteiger partial charge in [-0.3, -0.25) is 0 Å². The van der Waals surface area contributed by atoms with E-state index in [0.29, 0.717) is 29.9 Å². The number of rotatable bonds is 10. The number of hydrogen-bond acceptors (Lipinski definition) is 5. The van der Waals surface area contributed by atoms with Gasteiger partial charge < -0.3 is 14.4 Å². The Labute approximate surface area is 194 Å². The highest BCUT2D eigenvalue weighted by atomic mass is 35.5. The summed E-state index contributed by atoms with van der Waals surface area (Å²) in [6.45, 7) is 5.42. The van der Waals surface area contributed by atoms with Gasteiger partial charge in [0, 0.05) is 42.2 Å². The average Bonchev–Trinajstić information content (AvgIpc) is 2.73. The first-order valence-electron chi connectivity index (χ1n) is 10.2. The third-order valence-corrected chi connectivity index (χ3v) is 7.19. The molecule has 31 heavy (non-hydrogen) atoms. The van der Waals surface area contributed by atoms with Crippen molar-refractivity contribution in [1.82, 2.24) is 9.62 Å². The second-order valence-electron chi connectivity index (χ2n) is 7.48. The summed E-state index contributed by atoms with van der Waals surface area (Å²) in [5.41, 5.74) is 2.98. The van der Waals surface area contributed by atoms with Crippen LogP contribution in [0.2, 0.25) is 10.0 Å². The van der Waals surface area contributed by atoms with Gasteiger partial charge in [0.1, 0.15) is 0 Å². The predicted molar refractivity (Wildman–Crippen MR) is 124 cm³/mol. The first kappa shape index (κ1) is 24.5. The Kier molecular flexibility index (Phi) is 8.75. The molecule has 6 nitrogen and oxygen atoms in total. The fourth-order valence-electron chi connectivity index (χ4n) is 3.72. The highest BCUT2D eigenvalue weighted by molar-refractivity contribution is 7.89. The highest BCUT2D eigenvalue weighted by Crippen LogP contribution is 2.38. The lowest BCUT2D eigenvalue weighted by atomic mass is 9.85. The standard InChI is InChI=1S/C22H28Cl2N2O4S/c1-3-29-9-10-30-8-7-25-31(27,28)18-6-4-5-16(11-18)20-14-26(2)15-21-19(20)12-17(23)13-22(21)24/h4-6,11-13,20,25H,3,7-10,14-15H2,1-2H3. The Balaban J connectivity index is 1.75. The third-order valence-electron chi connectivity index (χ3n) is 5.18. The largest absolute Gasteiger partial charge is 0.379 e. The van der Waals surface area contributed by atoms with E-state index < -0.39 is 10.0 Å². The van der Waals surface area contributed by atoms with Crippen molar-refractivity contribution in [2.75, 3.05) is 46.6 Å². The molecule has 3 rings (SSSR count). The minimum absolute atomic E-state index is 0.0259. The molecule has 0 saturated carbocycles. The molecule has 2 aromatic rings. The van der Waals surface area contributed by atoms with Crippen molar-refractivity contribution in [3.8, 4) is 0 Å². The fraction of sp³-hybridized carbons (Fsp3) is 0.455. The van der Waals surface area contributed by atoms with E-state index in [4.69, 9.17) is 32.7 Å². The van der Waals surface area contributed by atoms with Gasteiger partial charge in [0.05, 0.1) is 24.7 Å². The molecule has 1 aliphatic rings. The van der Waals surface area contributed by atoms with Crippen LogP contribution in [0.15, 0.2) is 41.3 Å². The number of hydrogen-bond donors (Lipinski definition) is 1. The van der Waals surface area contributed by atoms with Crippen LogP contribution in [0.5, 0.6) is 0 Å². The molecule has 0 fully saturated rings. The van der Waals surface area contributed by atoms with E-state index in [2.05, 4.69) is 9.62 Å². The molecule has 0 radical (unpaired) electrons. The van der Waals surface area contributed by atoms with Gasteiger partial charge in [-0.2, -0.15) is 0 Å². The van der Waals surface area contributed by atoms with Crippen LogP contribution in [-0.4, -0.2) is 59.9 Å². The van der Waals surface area contributed by atoms with E-state index in [1.807, 2.05) is 26.1 Å². The number of nitrogens with one attached hydrogen (secondary N) is 1. The smallest absolute Gasteiger partial charge is 0.240 e. The number of benzene rings is 2. The summed E-state index contributed by atoms with van der Waals surface area (Å²) >= 11 is 12.7. The SMILES string of the molecule is CCOCCOCCNS(=O)(=O)c1cccc(C2CN(C)Cc3c(Cl)cc(Cl)cc32)c1. The lowest BCUT2D eigenvalue weighted by Gasteiger charge is -2.33. The summed E-state index contributed by atoms with van der Waals surface area (Å²) in [6, 6.07) is 10.7. The van der Waals surface area contributed by atoms with E-state index in [9.17, 15) is 8.42 Å². The van der Waals surface area contributed by atoms with E-state index in [1.54, 1.807) is 24.3 Å². The first-order valence-corrected chi connectivity index (χ1v) is 12.5. The predicted octanol–water partition coefficient (Wildman–Crippen LogP) is 3.90. The summed E-state index contributed by atoms with van der Waals surface area (Å²) in [5, 5.41) is 1.21. The molecule has 0 aromatic heterocycles. The molecule has 2 aromatic carbocycles. The van der Waals surface area contributed by atoms with Crippen LogP contribution in [0.25, 0.3) is 0 Å². The molecule has 0 amide bonds. The zero-order valence-electron chi connectivity index (χ0n) is 17.7. The molecule has 0 aliphatic carbocycles. The van der Waals surface area contributed by atoms with Gasteiger partial charge >= 0.3 is 0 Å². The monoisotopic (exact) mass is 486 g/mol. The van der Waals surface area contributed by atoms with Gasteiger partial charge in [-0.1, -0.05) is 35.3 Å². The lowest BCUT2D eigenvalue weighted by Crippen LogP contribution is -2.31. The maximum Gasteiger partial charge on any atom is 0.240 e. The van der Waals surface area contributed by atoms with E-state index in [0.717, 1.165) is 29.8 Å². The number of nitrogens with zero attached hydrogens (tertiary/aromatic N) is 1. The van der Waals surface area contributed by atoms with Gasteiger partial charge in [0.25, 0.3) is 0 Å². The molecule has 9 heteroatoms. The van der Waals surface area contributed by atoms with Crippen molar-refractivity contribution in [3.05, 3.63) is 63.1 Å². The van der Waals surface area contributed by atoms with Crippen molar-refractivity contribution < 1.29 is 17.9 Å². The number of halogens is 2. The fourth-order valence-corrected chi connectivity index (χ4v) is 5.36. The molecule has 0 saturated heterocycles. The van der Waals surface area contributed by atoms with Crippen LogP contribution in [0.1, 0.15) is 29.5 Å². The van der Waals surface area contributed by atoms with Crippen molar-refractivity contribution >= 4 is 33.2 Å². The summed E-state index contributed by atoms with van der Waals surface area (Å²) in [5.74, 6) is -0.0259.